The predicted octanol–water partition coefficient (Wildman–Crippen LogP) is 3.80. The monoisotopic (exact) mass is 510 g/mol. The fourth-order valence-corrected chi connectivity index (χ4v) is 4.22. The fraction of sp³-hybridized carbons (Fsp3) is 0.467. The Morgan fingerprint density at radius 1 is 1.38 bits per heavy atom. The van der Waals surface area contributed by atoms with Gasteiger partial charge in [0.05, 0.1) is 17.5 Å². The first-order chi connectivity index (χ1) is 10.1. The smallest absolute Gasteiger partial charge is 0.299 e. The van der Waals surface area contributed by atoms with Gasteiger partial charge in [0.25, 0.3) is 11.6 Å². The molecule has 0 saturated heterocycles. The maximum Gasteiger partial charge on any atom is 0.299 e. The number of rotatable bonds is 5. The minimum absolute atomic E-state index is 0.0226. The van der Waals surface area contributed by atoms with Crippen LogP contribution in [0.15, 0.2) is 16.9 Å². The number of benzene rings is 1. The third-order valence-electron chi connectivity index (χ3n) is 3.52. The summed E-state index contributed by atoms with van der Waals surface area (Å²) in [6.45, 7) is 3.36. The number of nitrogens with zero attached hydrogens (tertiary/aromatic N) is 2. The normalized spacial score (nSPS) is 14.6. The summed E-state index contributed by atoms with van der Waals surface area (Å²) in [6.07, 6.45) is 3.30. The number of hydrogen-bond donors (Lipinski definition) is 0. The van der Waals surface area contributed by atoms with Gasteiger partial charge < -0.3 is 4.74 Å². The summed E-state index contributed by atoms with van der Waals surface area (Å²) in [7, 11) is 0. The highest BCUT2D eigenvalue weighted by molar-refractivity contribution is 14.1. The second kappa shape index (κ2) is 6.39. The molecule has 0 atom stereocenters. The molecule has 0 radical (unpaired) electrons. The van der Waals surface area contributed by atoms with Crippen molar-refractivity contribution in [3.8, 4) is 6.01 Å². The number of fused-ring (bicyclic) bond motifs is 1. The Balaban J connectivity index is 2.19. The zero-order valence-corrected chi connectivity index (χ0v) is 16.0. The van der Waals surface area contributed by atoms with Crippen LogP contribution in [0.4, 0.5) is 0 Å². The van der Waals surface area contributed by atoms with Crippen LogP contribution in [0.1, 0.15) is 26.2 Å². The lowest BCUT2D eigenvalue weighted by molar-refractivity contribution is 0.270. The molecule has 1 aromatic heterocycles. The third kappa shape index (κ3) is 3.35. The Morgan fingerprint density at radius 3 is 2.81 bits per heavy atom. The SMILES string of the molecule is CCCOc1nc2c(I)cc(I)cc2c(=O)n1CC1CC1. The molecule has 3 rings (SSSR count). The average molecular weight is 510 g/mol. The fourth-order valence-electron chi connectivity index (χ4n) is 2.25. The van der Waals surface area contributed by atoms with Crippen molar-refractivity contribution in [3.63, 3.8) is 0 Å². The van der Waals surface area contributed by atoms with E-state index >= 15 is 0 Å². The van der Waals surface area contributed by atoms with Crippen molar-refractivity contribution in [3.05, 3.63) is 29.6 Å². The molecule has 1 aliphatic carbocycles. The molecule has 1 heterocycles. The van der Waals surface area contributed by atoms with Gasteiger partial charge in [-0.05, 0) is 82.5 Å². The third-order valence-corrected chi connectivity index (χ3v) is 4.96. The zero-order valence-electron chi connectivity index (χ0n) is 11.7. The van der Waals surface area contributed by atoms with Gasteiger partial charge in [0.1, 0.15) is 0 Å². The highest BCUT2D eigenvalue weighted by atomic mass is 127. The van der Waals surface area contributed by atoms with Crippen molar-refractivity contribution in [1.29, 1.82) is 0 Å². The Kier molecular flexibility index (Phi) is 4.72. The molecular weight excluding hydrogens is 494 g/mol. The Hall–Kier alpha value is -0.380. The average Bonchev–Trinajstić information content (AvgIpc) is 3.25. The minimum atomic E-state index is 0.0226. The van der Waals surface area contributed by atoms with Crippen molar-refractivity contribution >= 4 is 56.1 Å². The summed E-state index contributed by atoms with van der Waals surface area (Å²) in [4.78, 5) is 17.4. The highest BCUT2D eigenvalue weighted by Gasteiger charge is 2.25. The molecule has 0 spiro atoms. The molecular formula is C15H16I2N2O2. The van der Waals surface area contributed by atoms with Crippen LogP contribution < -0.4 is 10.3 Å². The van der Waals surface area contributed by atoms with Crippen LogP contribution >= 0.6 is 45.2 Å². The van der Waals surface area contributed by atoms with E-state index in [1.165, 1.54) is 12.8 Å². The van der Waals surface area contributed by atoms with E-state index < -0.39 is 0 Å². The molecule has 21 heavy (non-hydrogen) atoms. The standard InChI is InChI=1S/C15H16I2N2O2/c1-2-5-21-15-18-13-11(6-10(16)7-12(13)17)14(20)19(15)8-9-3-4-9/h6-7,9H,2-5,8H2,1H3. The van der Waals surface area contributed by atoms with E-state index in [2.05, 4.69) is 57.1 Å². The minimum Gasteiger partial charge on any atom is -0.465 e. The largest absolute Gasteiger partial charge is 0.465 e. The lowest BCUT2D eigenvalue weighted by Crippen LogP contribution is -2.25. The van der Waals surface area contributed by atoms with Crippen molar-refractivity contribution in [1.82, 2.24) is 9.55 Å². The number of ether oxygens (including phenoxy) is 1. The van der Waals surface area contributed by atoms with Crippen LogP contribution in [-0.4, -0.2) is 16.2 Å². The molecule has 112 valence electrons. The molecule has 0 unspecified atom stereocenters. The van der Waals surface area contributed by atoms with Crippen molar-refractivity contribution in [2.45, 2.75) is 32.7 Å². The maximum absolute atomic E-state index is 12.8. The van der Waals surface area contributed by atoms with Gasteiger partial charge in [0, 0.05) is 13.7 Å². The van der Waals surface area contributed by atoms with E-state index in [4.69, 9.17) is 4.74 Å². The Bertz CT molecular complexity index is 739. The van der Waals surface area contributed by atoms with Crippen LogP contribution in [0, 0.1) is 13.1 Å². The number of hydrogen-bond acceptors (Lipinski definition) is 3. The van der Waals surface area contributed by atoms with Gasteiger partial charge >= 0.3 is 0 Å². The van der Waals surface area contributed by atoms with E-state index in [9.17, 15) is 4.79 Å². The van der Waals surface area contributed by atoms with Crippen LogP contribution in [-0.2, 0) is 6.54 Å². The zero-order chi connectivity index (χ0) is 15.0. The first-order valence-corrected chi connectivity index (χ1v) is 9.28. The second-order valence-corrected chi connectivity index (χ2v) is 7.79. The molecule has 1 fully saturated rings. The van der Waals surface area contributed by atoms with Gasteiger partial charge in [0.15, 0.2) is 0 Å². The molecule has 0 N–H and O–H groups in total. The van der Waals surface area contributed by atoms with Crippen LogP contribution in [0.25, 0.3) is 10.9 Å². The van der Waals surface area contributed by atoms with Gasteiger partial charge in [-0.3, -0.25) is 9.36 Å². The van der Waals surface area contributed by atoms with Crippen molar-refractivity contribution < 1.29 is 4.74 Å². The van der Waals surface area contributed by atoms with Gasteiger partial charge in [-0.1, -0.05) is 6.92 Å². The molecule has 4 nitrogen and oxygen atoms in total. The molecule has 0 aliphatic heterocycles. The van der Waals surface area contributed by atoms with E-state index in [-0.39, 0.29) is 5.56 Å². The summed E-state index contributed by atoms with van der Waals surface area (Å²) in [5.41, 5.74) is 0.772. The first-order valence-electron chi connectivity index (χ1n) is 7.12. The van der Waals surface area contributed by atoms with Gasteiger partial charge in [0.2, 0.25) is 0 Å². The van der Waals surface area contributed by atoms with Gasteiger partial charge in [-0.25, -0.2) is 0 Å². The Morgan fingerprint density at radius 2 is 2.14 bits per heavy atom. The summed E-state index contributed by atoms with van der Waals surface area (Å²) >= 11 is 4.47. The molecule has 0 amide bonds. The molecule has 1 saturated carbocycles. The Labute approximate surface area is 150 Å². The molecule has 1 aromatic carbocycles. The van der Waals surface area contributed by atoms with Crippen molar-refractivity contribution in [2.75, 3.05) is 6.61 Å². The number of halogens is 2. The van der Waals surface area contributed by atoms with E-state index in [0.717, 1.165) is 25.6 Å². The number of aromatic nitrogens is 2. The van der Waals surface area contributed by atoms with E-state index in [1.807, 2.05) is 12.1 Å². The molecule has 6 heteroatoms. The van der Waals surface area contributed by atoms with E-state index in [1.54, 1.807) is 4.57 Å². The summed E-state index contributed by atoms with van der Waals surface area (Å²) in [6, 6.07) is 4.42. The maximum atomic E-state index is 12.8. The predicted molar refractivity (Wildman–Crippen MR) is 99.9 cm³/mol. The van der Waals surface area contributed by atoms with E-state index in [0.29, 0.717) is 23.9 Å². The van der Waals surface area contributed by atoms with Crippen molar-refractivity contribution in [2.24, 2.45) is 5.92 Å². The second-order valence-electron chi connectivity index (χ2n) is 5.39. The van der Waals surface area contributed by atoms with Gasteiger partial charge in [-0.15, -0.1) is 0 Å². The quantitative estimate of drug-likeness (QED) is 0.576. The highest BCUT2D eigenvalue weighted by Crippen LogP contribution is 2.32. The lowest BCUT2D eigenvalue weighted by atomic mass is 10.2. The first kappa shape index (κ1) is 15.5. The van der Waals surface area contributed by atoms with Crippen LogP contribution in [0.5, 0.6) is 6.01 Å². The lowest BCUT2D eigenvalue weighted by Gasteiger charge is -2.14. The molecule has 2 aromatic rings. The topological polar surface area (TPSA) is 44.1 Å². The van der Waals surface area contributed by atoms with Gasteiger partial charge in [-0.2, -0.15) is 4.98 Å². The van der Waals surface area contributed by atoms with Crippen LogP contribution in [0.2, 0.25) is 0 Å². The van der Waals surface area contributed by atoms with Crippen LogP contribution in [0.3, 0.4) is 0 Å². The molecule has 0 bridgehead atoms. The molecule has 1 aliphatic rings. The summed E-state index contributed by atoms with van der Waals surface area (Å²) < 4.78 is 9.51. The summed E-state index contributed by atoms with van der Waals surface area (Å²) in [5, 5.41) is 0.691. The summed E-state index contributed by atoms with van der Waals surface area (Å²) in [5.74, 6) is 0.604.